The van der Waals surface area contributed by atoms with Crippen LogP contribution in [0.1, 0.15) is 20.8 Å². The number of hydrogen-bond donors (Lipinski definition) is 3. The number of aliphatic hydroxyl groups is 1. The third-order valence-electron chi connectivity index (χ3n) is 2.69. The van der Waals surface area contributed by atoms with Gasteiger partial charge >= 0.3 is 0 Å². The molecule has 0 aliphatic rings. The van der Waals surface area contributed by atoms with Crippen molar-refractivity contribution in [3.8, 4) is 0 Å². The summed E-state index contributed by atoms with van der Waals surface area (Å²) in [6, 6.07) is 1.49. The molecule has 0 aromatic carbocycles. The SMILES string of the molecule is CC(C)CNC(=O)C(C)NCC(O)Cn1cccn1. The Morgan fingerprint density at radius 3 is 2.68 bits per heavy atom. The van der Waals surface area contributed by atoms with Crippen molar-refractivity contribution in [1.29, 1.82) is 0 Å². The van der Waals surface area contributed by atoms with Gasteiger partial charge in [0, 0.05) is 25.5 Å². The summed E-state index contributed by atoms with van der Waals surface area (Å²) >= 11 is 0. The maximum absolute atomic E-state index is 11.7. The van der Waals surface area contributed by atoms with E-state index in [9.17, 15) is 9.90 Å². The van der Waals surface area contributed by atoms with Gasteiger partial charge in [0.05, 0.1) is 18.7 Å². The van der Waals surface area contributed by atoms with Gasteiger partial charge in [0.2, 0.25) is 5.91 Å². The summed E-state index contributed by atoms with van der Waals surface area (Å²) in [5.74, 6) is 0.390. The first-order valence-corrected chi connectivity index (χ1v) is 6.65. The fourth-order valence-electron chi connectivity index (χ4n) is 1.55. The van der Waals surface area contributed by atoms with Crippen LogP contribution in [0.25, 0.3) is 0 Å². The minimum Gasteiger partial charge on any atom is -0.390 e. The standard InChI is InChI=1S/C13H24N4O2/c1-10(2)7-15-13(19)11(3)14-8-12(18)9-17-6-4-5-16-17/h4-6,10-12,14,18H,7-9H2,1-3H3,(H,15,19). The quantitative estimate of drug-likeness (QED) is 0.620. The van der Waals surface area contributed by atoms with Crippen molar-refractivity contribution in [2.24, 2.45) is 5.92 Å². The number of aromatic nitrogens is 2. The van der Waals surface area contributed by atoms with E-state index in [-0.39, 0.29) is 11.9 Å². The fourth-order valence-corrected chi connectivity index (χ4v) is 1.55. The highest BCUT2D eigenvalue weighted by atomic mass is 16.3. The van der Waals surface area contributed by atoms with Crippen LogP contribution < -0.4 is 10.6 Å². The Kier molecular flexibility index (Phi) is 6.52. The minimum atomic E-state index is -0.569. The van der Waals surface area contributed by atoms with E-state index in [4.69, 9.17) is 0 Å². The van der Waals surface area contributed by atoms with Crippen LogP contribution in [0.5, 0.6) is 0 Å². The normalized spacial score (nSPS) is 14.4. The van der Waals surface area contributed by atoms with Gasteiger partial charge in [-0.1, -0.05) is 13.8 Å². The van der Waals surface area contributed by atoms with Gasteiger partial charge in [-0.2, -0.15) is 5.10 Å². The number of nitrogens with zero attached hydrogens (tertiary/aromatic N) is 2. The highest BCUT2D eigenvalue weighted by Crippen LogP contribution is 1.92. The van der Waals surface area contributed by atoms with Gasteiger partial charge in [-0.25, -0.2) is 0 Å². The summed E-state index contributed by atoms with van der Waals surface area (Å²) in [6.45, 7) is 7.33. The molecule has 0 spiro atoms. The van der Waals surface area contributed by atoms with E-state index in [2.05, 4.69) is 15.7 Å². The molecule has 0 aliphatic carbocycles. The van der Waals surface area contributed by atoms with Crippen LogP contribution in [-0.2, 0) is 11.3 Å². The summed E-state index contributed by atoms with van der Waals surface area (Å²) in [7, 11) is 0. The zero-order chi connectivity index (χ0) is 14.3. The Balaban J connectivity index is 2.21. The molecule has 3 N–H and O–H groups in total. The van der Waals surface area contributed by atoms with Crippen molar-refractivity contribution < 1.29 is 9.90 Å². The van der Waals surface area contributed by atoms with Crippen molar-refractivity contribution in [1.82, 2.24) is 20.4 Å². The predicted octanol–water partition coefficient (Wildman–Crippen LogP) is -0.00570. The Morgan fingerprint density at radius 2 is 2.11 bits per heavy atom. The van der Waals surface area contributed by atoms with Gasteiger partial charge in [0.15, 0.2) is 0 Å². The van der Waals surface area contributed by atoms with Gasteiger partial charge < -0.3 is 15.7 Å². The number of carbonyl (C=O) groups is 1. The van der Waals surface area contributed by atoms with Gasteiger partial charge in [0.25, 0.3) is 0 Å². The summed E-state index contributed by atoms with van der Waals surface area (Å²) < 4.78 is 1.66. The zero-order valence-corrected chi connectivity index (χ0v) is 11.8. The second-order valence-corrected chi connectivity index (χ2v) is 5.15. The molecule has 1 amide bonds. The van der Waals surface area contributed by atoms with Gasteiger partial charge in [-0.05, 0) is 18.9 Å². The maximum Gasteiger partial charge on any atom is 0.236 e. The monoisotopic (exact) mass is 268 g/mol. The van der Waals surface area contributed by atoms with Crippen molar-refractivity contribution in [3.05, 3.63) is 18.5 Å². The van der Waals surface area contributed by atoms with Crippen LogP contribution in [0.15, 0.2) is 18.5 Å². The number of carbonyl (C=O) groups excluding carboxylic acids is 1. The lowest BCUT2D eigenvalue weighted by atomic mass is 10.2. The molecular weight excluding hydrogens is 244 g/mol. The fraction of sp³-hybridized carbons (Fsp3) is 0.692. The van der Waals surface area contributed by atoms with Crippen molar-refractivity contribution >= 4 is 5.91 Å². The molecule has 0 bridgehead atoms. The molecule has 0 fully saturated rings. The molecule has 2 unspecified atom stereocenters. The summed E-state index contributed by atoms with van der Waals surface area (Å²) in [5, 5.41) is 19.7. The molecular formula is C13H24N4O2. The molecule has 1 aromatic rings. The second kappa shape index (κ2) is 7.91. The topological polar surface area (TPSA) is 79.2 Å². The number of hydrogen-bond acceptors (Lipinski definition) is 4. The average molecular weight is 268 g/mol. The molecule has 0 saturated carbocycles. The number of amides is 1. The molecule has 19 heavy (non-hydrogen) atoms. The van der Waals surface area contributed by atoms with E-state index < -0.39 is 6.10 Å². The lowest BCUT2D eigenvalue weighted by molar-refractivity contribution is -0.123. The van der Waals surface area contributed by atoms with Crippen LogP contribution in [-0.4, -0.2) is 46.0 Å². The molecule has 0 saturated heterocycles. The lowest BCUT2D eigenvalue weighted by Gasteiger charge is -2.17. The number of aliphatic hydroxyl groups excluding tert-OH is 1. The van der Waals surface area contributed by atoms with Crippen LogP contribution in [0.2, 0.25) is 0 Å². The Labute approximate surface area is 114 Å². The maximum atomic E-state index is 11.7. The minimum absolute atomic E-state index is 0.0417. The summed E-state index contributed by atoms with van der Waals surface area (Å²) in [4.78, 5) is 11.7. The average Bonchev–Trinajstić information content (AvgIpc) is 2.85. The smallest absolute Gasteiger partial charge is 0.236 e. The molecule has 108 valence electrons. The highest BCUT2D eigenvalue weighted by Gasteiger charge is 2.14. The zero-order valence-electron chi connectivity index (χ0n) is 11.8. The third-order valence-corrected chi connectivity index (χ3v) is 2.69. The summed E-state index contributed by atoms with van der Waals surface area (Å²) in [5.41, 5.74) is 0. The predicted molar refractivity (Wildman–Crippen MR) is 73.5 cm³/mol. The van der Waals surface area contributed by atoms with E-state index in [0.29, 0.717) is 25.6 Å². The second-order valence-electron chi connectivity index (χ2n) is 5.15. The molecule has 0 aliphatic heterocycles. The van der Waals surface area contributed by atoms with Crippen molar-refractivity contribution in [2.45, 2.75) is 39.5 Å². The van der Waals surface area contributed by atoms with E-state index in [1.807, 2.05) is 19.9 Å². The first-order valence-electron chi connectivity index (χ1n) is 6.65. The van der Waals surface area contributed by atoms with Crippen molar-refractivity contribution in [2.75, 3.05) is 13.1 Å². The van der Waals surface area contributed by atoms with E-state index in [1.54, 1.807) is 24.0 Å². The van der Waals surface area contributed by atoms with Gasteiger partial charge in [-0.3, -0.25) is 9.48 Å². The molecule has 1 heterocycles. The number of rotatable bonds is 8. The molecule has 0 radical (unpaired) electrons. The molecule has 2 atom stereocenters. The number of nitrogens with one attached hydrogen (secondary N) is 2. The first kappa shape index (κ1) is 15.7. The third kappa shape index (κ3) is 6.35. The lowest BCUT2D eigenvalue weighted by Crippen LogP contribution is -2.46. The summed E-state index contributed by atoms with van der Waals surface area (Å²) in [6.07, 6.45) is 2.89. The van der Waals surface area contributed by atoms with E-state index >= 15 is 0 Å². The van der Waals surface area contributed by atoms with Crippen LogP contribution in [0.3, 0.4) is 0 Å². The Bertz CT molecular complexity index is 365. The Morgan fingerprint density at radius 1 is 1.37 bits per heavy atom. The van der Waals surface area contributed by atoms with Crippen LogP contribution >= 0.6 is 0 Å². The molecule has 1 aromatic heterocycles. The Hall–Kier alpha value is -1.40. The molecule has 6 heteroatoms. The van der Waals surface area contributed by atoms with Gasteiger partial charge in [0.1, 0.15) is 0 Å². The van der Waals surface area contributed by atoms with Crippen LogP contribution in [0, 0.1) is 5.92 Å². The molecule has 6 nitrogen and oxygen atoms in total. The largest absolute Gasteiger partial charge is 0.390 e. The van der Waals surface area contributed by atoms with Crippen molar-refractivity contribution in [3.63, 3.8) is 0 Å². The highest BCUT2D eigenvalue weighted by molar-refractivity contribution is 5.81. The van der Waals surface area contributed by atoms with Gasteiger partial charge in [-0.15, -0.1) is 0 Å². The molecule has 1 rings (SSSR count). The first-order chi connectivity index (χ1) is 8.99. The van der Waals surface area contributed by atoms with E-state index in [1.165, 1.54) is 0 Å². The van der Waals surface area contributed by atoms with Crippen LogP contribution in [0.4, 0.5) is 0 Å². The van der Waals surface area contributed by atoms with E-state index in [0.717, 1.165) is 0 Å².